The molecule has 1 heteroatoms. The molecule has 0 radical (unpaired) electrons. The van der Waals surface area contributed by atoms with Crippen LogP contribution in [0.5, 0.6) is 0 Å². The summed E-state index contributed by atoms with van der Waals surface area (Å²) in [6.07, 6.45) is 3.27. The summed E-state index contributed by atoms with van der Waals surface area (Å²) in [6, 6.07) is 22.0. The van der Waals surface area contributed by atoms with Gasteiger partial charge in [0.2, 0.25) is 5.69 Å². The molecule has 1 heterocycles. The van der Waals surface area contributed by atoms with E-state index in [1.807, 2.05) is 0 Å². The number of hydrogen-bond donors (Lipinski definition) is 0. The number of pyridine rings is 1. The molecule has 3 rings (SSSR count). The number of rotatable bonds is 3. The maximum absolute atomic E-state index is 2.35. The van der Waals surface area contributed by atoms with Gasteiger partial charge in [-0.25, -0.2) is 4.57 Å². The quantitative estimate of drug-likeness (QED) is 0.539. The van der Waals surface area contributed by atoms with Gasteiger partial charge >= 0.3 is 0 Å². The molecule has 3 aromatic rings. The molecule has 0 bridgehead atoms. The third kappa shape index (κ3) is 4.17. The molecule has 0 saturated heterocycles. The van der Waals surface area contributed by atoms with E-state index in [1.165, 1.54) is 33.5 Å². The van der Waals surface area contributed by atoms with Crippen molar-refractivity contribution in [3.8, 4) is 22.4 Å². The molecule has 0 atom stereocenters. The molecule has 25 heavy (non-hydrogen) atoms. The van der Waals surface area contributed by atoms with Crippen LogP contribution in [0.3, 0.4) is 0 Å². The van der Waals surface area contributed by atoms with Gasteiger partial charge in [0.1, 0.15) is 7.05 Å². The lowest BCUT2D eigenvalue weighted by molar-refractivity contribution is -0.660. The zero-order chi connectivity index (χ0) is 18.0. The van der Waals surface area contributed by atoms with Gasteiger partial charge in [-0.2, -0.15) is 0 Å². The Labute approximate surface area is 152 Å². The predicted molar refractivity (Wildman–Crippen MR) is 106 cm³/mol. The Bertz CT molecular complexity index is 870. The molecule has 0 fully saturated rings. The molecule has 0 aliphatic carbocycles. The fourth-order valence-corrected chi connectivity index (χ4v) is 3.31. The highest BCUT2D eigenvalue weighted by atomic mass is 14.9. The van der Waals surface area contributed by atoms with E-state index in [1.54, 1.807) is 0 Å². The van der Waals surface area contributed by atoms with E-state index in [0.29, 0.717) is 0 Å². The van der Waals surface area contributed by atoms with Crippen LogP contribution in [0, 0.1) is 12.3 Å². The smallest absolute Gasteiger partial charge is 0.201 e. The van der Waals surface area contributed by atoms with Crippen LogP contribution >= 0.6 is 0 Å². The predicted octanol–water partition coefficient (Wildman–Crippen LogP) is 5.74. The third-order valence-electron chi connectivity index (χ3n) is 4.57. The first-order chi connectivity index (χ1) is 11.8. The molecular weight excluding hydrogens is 302 g/mol. The maximum atomic E-state index is 2.35. The van der Waals surface area contributed by atoms with E-state index >= 15 is 0 Å². The minimum atomic E-state index is 0.290. The molecule has 128 valence electrons. The topological polar surface area (TPSA) is 3.88 Å². The molecule has 0 amide bonds. The zero-order valence-electron chi connectivity index (χ0n) is 16.0. The lowest BCUT2D eigenvalue weighted by Gasteiger charge is -2.18. The fourth-order valence-electron chi connectivity index (χ4n) is 3.31. The highest BCUT2D eigenvalue weighted by molar-refractivity contribution is 5.72. The highest BCUT2D eigenvalue weighted by Crippen LogP contribution is 2.29. The number of hydrogen-bond acceptors (Lipinski definition) is 0. The summed E-state index contributed by atoms with van der Waals surface area (Å²) in [6.45, 7) is 9.07. The minimum absolute atomic E-state index is 0.290. The molecule has 1 nitrogen and oxygen atoms in total. The molecule has 0 aliphatic heterocycles. The molecule has 0 saturated carbocycles. The monoisotopic (exact) mass is 330 g/mol. The highest BCUT2D eigenvalue weighted by Gasteiger charge is 2.17. The number of benzene rings is 2. The normalized spacial score (nSPS) is 11.6. The van der Waals surface area contributed by atoms with Crippen molar-refractivity contribution in [1.82, 2.24) is 0 Å². The summed E-state index contributed by atoms with van der Waals surface area (Å²) in [5.41, 5.74) is 8.10. The van der Waals surface area contributed by atoms with E-state index in [4.69, 9.17) is 0 Å². The zero-order valence-corrected chi connectivity index (χ0v) is 16.0. The van der Waals surface area contributed by atoms with Gasteiger partial charge in [0.15, 0.2) is 6.20 Å². The summed E-state index contributed by atoms with van der Waals surface area (Å²) in [5.74, 6) is 0. The second kappa shape index (κ2) is 6.84. The average Bonchev–Trinajstić information content (AvgIpc) is 2.57. The van der Waals surface area contributed by atoms with Crippen LogP contribution in [0.25, 0.3) is 22.4 Å². The summed E-state index contributed by atoms with van der Waals surface area (Å²) in [4.78, 5) is 0. The third-order valence-corrected chi connectivity index (χ3v) is 4.57. The van der Waals surface area contributed by atoms with E-state index in [-0.39, 0.29) is 5.41 Å². The lowest BCUT2D eigenvalue weighted by Crippen LogP contribution is -2.31. The van der Waals surface area contributed by atoms with Crippen molar-refractivity contribution in [3.63, 3.8) is 0 Å². The first kappa shape index (κ1) is 17.4. The first-order valence-corrected chi connectivity index (χ1v) is 8.98. The van der Waals surface area contributed by atoms with Crippen LogP contribution in [-0.4, -0.2) is 0 Å². The number of nitrogens with zero attached hydrogens (tertiary/aromatic N) is 1. The molecule has 0 N–H and O–H groups in total. The number of aryl methyl sites for hydroxylation is 2. The van der Waals surface area contributed by atoms with Crippen molar-refractivity contribution >= 4 is 0 Å². The summed E-state index contributed by atoms with van der Waals surface area (Å²) >= 11 is 0. The molecule has 1 aromatic heterocycles. The van der Waals surface area contributed by atoms with Crippen LogP contribution < -0.4 is 4.57 Å². The van der Waals surface area contributed by atoms with E-state index in [0.717, 1.165) is 6.42 Å². The Morgan fingerprint density at radius 3 is 2.24 bits per heavy atom. The molecular formula is C24H28N+. The Morgan fingerprint density at radius 2 is 1.56 bits per heavy atom. The van der Waals surface area contributed by atoms with Gasteiger partial charge in [0.05, 0.1) is 0 Å². The number of aromatic nitrogens is 1. The fraction of sp³-hybridized carbons (Fsp3) is 0.292. The van der Waals surface area contributed by atoms with E-state index < -0.39 is 0 Å². The average molecular weight is 330 g/mol. The van der Waals surface area contributed by atoms with Gasteiger partial charge < -0.3 is 0 Å². The van der Waals surface area contributed by atoms with Crippen LogP contribution in [-0.2, 0) is 13.5 Å². The van der Waals surface area contributed by atoms with E-state index in [9.17, 15) is 0 Å². The van der Waals surface area contributed by atoms with Gasteiger partial charge in [0, 0.05) is 17.7 Å². The van der Waals surface area contributed by atoms with Gasteiger partial charge in [-0.15, -0.1) is 0 Å². The SMILES string of the molecule is Cc1ccc(-c2ccccc2)cc1-c1cc(CC(C)(C)C)cc[n+]1C. The molecule has 0 unspecified atom stereocenters. The van der Waals surface area contributed by atoms with Crippen molar-refractivity contribution in [2.45, 2.75) is 34.1 Å². The van der Waals surface area contributed by atoms with Crippen LogP contribution in [0.1, 0.15) is 31.9 Å². The van der Waals surface area contributed by atoms with Crippen LogP contribution in [0.4, 0.5) is 0 Å². The largest absolute Gasteiger partial charge is 0.212 e. The summed E-state index contributed by atoms with van der Waals surface area (Å²) in [7, 11) is 2.13. The van der Waals surface area contributed by atoms with Crippen molar-refractivity contribution < 1.29 is 4.57 Å². The van der Waals surface area contributed by atoms with Gasteiger partial charge in [0.25, 0.3) is 0 Å². The molecule has 0 aliphatic rings. The minimum Gasteiger partial charge on any atom is -0.201 e. The summed E-state index contributed by atoms with van der Waals surface area (Å²) in [5, 5.41) is 0. The van der Waals surface area contributed by atoms with Crippen LogP contribution in [0.2, 0.25) is 0 Å². The van der Waals surface area contributed by atoms with Crippen molar-refractivity contribution in [1.29, 1.82) is 0 Å². The Hall–Kier alpha value is -2.41. The second-order valence-corrected chi connectivity index (χ2v) is 8.16. The second-order valence-electron chi connectivity index (χ2n) is 8.16. The van der Waals surface area contributed by atoms with Gasteiger partial charge in [-0.05, 0) is 47.1 Å². The standard InChI is InChI=1S/C24H28N/c1-18-11-12-21(20-9-7-6-8-10-20)16-22(18)23-15-19(13-14-25(23)5)17-24(2,3)4/h6-16H,17H2,1-5H3/q+1. The first-order valence-electron chi connectivity index (χ1n) is 8.98. The Balaban J connectivity index is 2.08. The lowest BCUT2D eigenvalue weighted by atomic mass is 9.87. The van der Waals surface area contributed by atoms with Gasteiger partial charge in [-0.1, -0.05) is 63.2 Å². The van der Waals surface area contributed by atoms with Crippen molar-refractivity contribution in [2.24, 2.45) is 12.5 Å². The maximum Gasteiger partial charge on any atom is 0.212 e. The Kier molecular flexibility index (Phi) is 4.76. The van der Waals surface area contributed by atoms with E-state index in [2.05, 4.69) is 106 Å². The van der Waals surface area contributed by atoms with Gasteiger partial charge in [-0.3, -0.25) is 0 Å². The van der Waals surface area contributed by atoms with Crippen LogP contribution in [0.15, 0.2) is 66.9 Å². The summed E-state index contributed by atoms with van der Waals surface area (Å²) < 4.78 is 2.23. The van der Waals surface area contributed by atoms with Crippen molar-refractivity contribution in [2.75, 3.05) is 0 Å². The molecule has 0 spiro atoms. The Morgan fingerprint density at radius 1 is 0.840 bits per heavy atom. The van der Waals surface area contributed by atoms with Crippen molar-refractivity contribution in [3.05, 3.63) is 78.0 Å². The molecule has 2 aromatic carbocycles.